The fourth-order valence-corrected chi connectivity index (χ4v) is 1.99. The van der Waals surface area contributed by atoms with E-state index in [9.17, 15) is 4.79 Å². The van der Waals surface area contributed by atoms with Crippen LogP contribution in [-0.2, 0) is 4.74 Å². The Kier molecular flexibility index (Phi) is 3.12. The van der Waals surface area contributed by atoms with Crippen molar-refractivity contribution in [3.8, 4) is 0 Å². The molecule has 1 saturated heterocycles. The van der Waals surface area contributed by atoms with Crippen molar-refractivity contribution in [3.63, 3.8) is 0 Å². The highest BCUT2D eigenvalue weighted by molar-refractivity contribution is 5.95. The summed E-state index contributed by atoms with van der Waals surface area (Å²) in [5.74, 6) is 0.296. The van der Waals surface area contributed by atoms with Crippen molar-refractivity contribution < 1.29 is 9.53 Å². The number of ether oxygens (including phenoxy) is 1. The highest BCUT2D eigenvalue weighted by Crippen LogP contribution is 2.21. The number of nitrogen functional groups attached to an aromatic ring is 1. The topological polar surface area (TPSA) is 81.3 Å². The highest BCUT2D eigenvalue weighted by atomic mass is 16.5. The summed E-state index contributed by atoms with van der Waals surface area (Å²) in [6.45, 7) is 3.62. The number of hydrogen-bond acceptors (Lipinski definition) is 6. The Hall–Kier alpha value is -1.85. The summed E-state index contributed by atoms with van der Waals surface area (Å²) in [5, 5.41) is 0. The number of anilines is 2. The molecule has 2 rings (SSSR count). The van der Waals surface area contributed by atoms with E-state index in [4.69, 9.17) is 5.73 Å². The number of nitrogens with zero attached hydrogens (tertiary/aromatic N) is 3. The van der Waals surface area contributed by atoms with Crippen LogP contribution in [0.4, 0.5) is 11.8 Å². The zero-order valence-corrected chi connectivity index (χ0v) is 10.1. The van der Waals surface area contributed by atoms with Gasteiger partial charge in [0.15, 0.2) is 0 Å². The first-order valence-corrected chi connectivity index (χ1v) is 5.61. The van der Waals surface area contributed by atoms with Crippen LogP contribution < -0.4 is 10.6 Å². The number of hydrogen-bond donors (Lipinski definition) is 1. The monoisotopic (exact) mass is 236 g/mol. The molecule has 2 N–H and O–H groups in total. The molecule has 0 bridgehead atoms. The maximum absolute atomic E-state index is 11.5. The van der Waals surface area contributed by atoms with E-state index in [1.54, 1.807) is 6.92 Å². The average Bonchev–Trinajstić information content (AvgIpc) is 2.81. The van der Waals surface area contributed by atoms with Gasteiger partial charge in [0.1, 0.15) is 11.4 Å². The van der Waals surface area contributed by atoms with E-state index in [2.05, 4.69) is 19.6 Å². The number of esters is 1. The van der Waals surface area contributed by atoms with Gasteiger partial charge < -0.3 is 15.4 Å². The molecule has 2 heterocycles. The van der Waals surface area contributed by atoms with Crippen molar-refractivity contribution in [3.05, 3.63) is 11.3 Å². The third-order valence-corrected chi connectivity index (χ3v) is 2.88. The van der Waals surface area contributed by atoms with Gasteiger partial charge >= 0.3 is 5.97 Å². The normalized spacial score (nSPS) is 15.1. The standard InChI is InChI=1S/C11H16N4O2/c1-7-8(10(16)17-2)9(12)14-11(13-7)15-5-3-4-6-15/h3-6H2,1-2H3,(H2,12,13,14). The molecule has 92 valence electrons. The number of nitrogens with two attached hydrogens (primary N) is 1. The Morgan fingerprint density at radius 2 is 2.00 bits per heavy atom. The second-order valence-corrected chi connectivity index (χ2v) is 4.05. The number of methoxy groups -OCH3 is 1. The minimum Gasteiger partial charge on any atom is -0.465 e. The Bertz CT molecular complexity index is 418. The first-order chi connectivity index (χ1) is 8.13. The average molecular weight is 236 g/mol. The third kappa shape index (κ3) is 2.15. The molecule has 0 saturated carbocycles. The van der Waals surface area contributed by atoms with Gasteiger partial charge in [-0.05, 0) is 19.8 Å². The molecule has 0 unspecified atom stereocenters. The molecule has 0 aromatic carbocycles. The SMILES string of the molecule is COC(=O)c1c(C)nc(N2CCCC2)nc1N. The maximum Gasteiger partial charge on any atom is 0.343 e. The molecule has 0 aliphatic carbocycles. The molecular weight excluding hydrogens is 220 g/mol. The lowest BCUT2D eigenvalue weighted by atomic mass is 10.2. The van der Waals surface area contributed by atoms with Gasteiger partial charge in [-0.3, -0.25) is 0 Å². The molecule has 1 fully saturated rings. The fourth-order valence-electron chi connectivity index (χ4n) is 1.99. The van der Waals surface area contributed by atoms with Crippen LogP contribution in [0.2, 0.25) is 0 Å². The molecule has 1 aliphatic heterocycles. The number of aryl methyl sites for hydroxylation is 1. The number of carbonyl (C=O) groups excluding carboxylic acids is 1. The molecule has 1 aromatic heterocycles. The van der Waals surface area contributed by atoms with Crippen LogP contribution in [0.25, 0.3) is 0 Å². The van der Waals surface area contributed by atoms with Crippen LogP contribution in [0.3, 0.4) is 0 Å². The van der Waals surface area contributed by atoms with E-state index >= 15 is 0 Å². The molecule has 0 radical (unpaired) electrons. The zero-order valence-electron chi connectivity index (χ0n) is 10.1. The van der Waals surface area contributed by atoms with E-state index in [1.165, 1.54) is 7.11 Å². The first kappa shape index (κ1) is 11.6. The summed E-state index contributed by atoms with van der Waals surface area (Å²) in [4.78, 5) is 22.1. The quantitative estimate of drug-likeness (QED) is 0.763. The van der Waals surface area contributed by atoms with Gasteiger partial charge in [0.2, 0.25) is 5.95 Å². The van der Waals surface area contributed by atoms with Crippen molar-refractivity contribution >= 4 is 17.7 Å². The lowest BCUT2D eigenvalue weighted by Gasteiger charge is -2.17. The van der Waals surface area contributed by atoms with Gasteiger partial charge in [0, 0.05) is 13.1 Å². The molecule has 6 heteroatoms. The Morgan fingerprint density at radius 3 is 2.53 bits per heavy atom. The van der Waals surface area contributed by atoms with E-state index in [1.807, 2.05) is 0 Å². The van der Waals surface area contributed by atoms with Crippen LogP contribution >= 0.6 is 0 Å². The van der Waals surface area contributed by atoms with Crippen molar-refractivity contribution in [1.82, 2.24) is 9.97 Å². The number of carbonyl (C=O) groups is 1. The van der Waals surface area contributed by atoms with Crippen LogP contribution in [0, 0.1) is 6.92 Å². The highest BCUT2D eigenvalue weighted by Gasteiger charge is 2.21. The molecule has 0 atom stereocenters. The van der Waals surface area contributed by atoms with E-state index in [0.717, 1.165) is 25.9 Å². The minimum atomic E-state index is -0.493. The number of rotatable bonds is 2. The second-order valence-electron chi connectivity index (χ2n) is 4.05. The molecule has 0 amide bonds. The van der Waals surface area contributed by atoms with E-state index in [0.29, 0.717) is 11.6 Å². The zero-order chi connectivity index (χ0) is 12.4. The van der Waals surface area contributed by atoms with Crippen LogP contribution in [-0.4, -0.2) is 36.1 Å². The van der Waals surface area contributed by atoms with Crippen molar-refractivity contribution in [2.45, 2.75) is 19.8 Å². The summed E-state index contributed by atoms with van der Waals surface area (Å²) >= 11 is 0. The van der Waals surface area contributed by atoms with Crippen molar-refractivity contribution in [1.29, 1.82) is 0 Å². The van der Waals surface area contributed by atoms with Gasteiger partial charge in [0.25, 0.3) is 0 Å². The Morgan fingerprint density at radius 1 is 1.35 bits per heavy atom. The molecule has 1 aromatic rings. The van der Waals surface area contributed by atoms with Gasteiger partial charge in [-0.15, -0.1) is 0 Å². The molecule has 1 aliphatic rings. The van der Waals surface area contributed by atoms with Gasteiger partial charge in [-0.2, -0.15) is 4.98 Å². The summed E-state index contributed by atoms with van der Waals surface area (Å²) in [7, 11) is 1.32. The smallest absolute Gasteiger partial charge is 0.343 e. The number of aromatic nitrogens is 2. The lowest BCUT2D eigenvalue weighted by Crippen LogP contribution is -2.23. The van der Waals surface area contributed by atoms with Crippen LogP contribution in [0.1, 0.15) is 28.9 Å². The molecule has 17 heavy (non-hydrogen) atoms. The molecular formula is C11H16N4O2. The third-order valence-electron chi connectivity index (χ3n) is 2.88. The van der Waals surface area contributed by atoms with Crippen LogP contribution in [0.15, 0.2) is 0 Å². The second kappa shape index (κ2) is 4.57. The van der Waals surface area contributed by atoms with E-state index < -0.39 is 5.97 Å². The minimum absolute atomic E-state index is 0.186. The summed E-state index contributed by atoms with van der Waals surface area (Å²) in [6, 6.07) is 0. The fraction of sp³-hybridized carbons (Fsp3) is 0.545. The summed E-state index contributed by atoms with van der Waals surface area (Å²) < 4.78 is 4.65. The van der Waals surface area contributed by atoms with E-state index in [-0.39, 0.29) is 11.4 Å². The molecule has 0 spiro atoms. The summed E-state index contributed by atoms with van der Waals surface area (Å²) in [5.41, 5.74) is 6.61. The van der Waals surface area contributed by atoms with Gasteiger partial charge in [-0.1, -0.05) is 0 Å². The van der Waals surface area contributed by atoms with Gasteiger partial charge in [-0.25, -0.2) is 9.78 Å². The van der Waals surface area contributed by atoms with Gasteiger partial charge in [0.05, 0.1) is 12.8 Å². The predicted molar refractivity (Wildman–Crippen MR) is 64.0 cm³/mol. The Labute approximate surface area is 99.8 Å². The Balaban J connectivity index is 2.37. The first-order valence-electron chi connectivity index (χ1n) is 5.61. The van der Waals surface area contributed by atoms with Crippen LogP contribution in [0.5, 0.6) is 0 Å². The van der Waals surface area contributed by atoms with Crippen molar-refractivity contribution in [2.75, 3.05) is 30.8 Å². The molecule has 6 nitrogen and oxygen atoms in total. The largest absolute Gasteiger partial charge is 0.465 e. The van der Waals surface area contributed by atoms with Crippen molar-refractivity contribution in [2.24, 2.45) is 0 Å². The maximum atomic E-state index is 11.5. The summed E-state index contributed by atoms with van der Waals surface area (Å²) in [6.07, 6.45) is 2.28. The predicted octanol–water partition coefficient (Wildman–Crippen LogP) is 0.754. The lowest BCUT2D eigenvalue weighted by molar-refractivity contribution is 0.0600.